The van der Waals surface area contributed by atoms with E-state index in [4.69, 9.17) is 0 Å². The van der Waals surface area contributed by atoms with E-state index in [1.165, 1.54) is 18.2 Å². The van der Waals surface area contributed by atoms with Gasteiger partial charge in [-0.1, -0.05) is 30.3 Å². The molecule has 0 spiro atoms. The maximum absolute atomic E-state index is 12.2. The van der Waals surface area contributed by atoms with Crippen LogP contribution in [0.4, 0.5) is 24.5 Å². The van der Waals surface area contributed by atoms with E-state index in [1.54, 1.807) is 42.5 Å². The zero-order valence-corrected chi connectivity index (χ0v) is 12.8. The van der Waals surface area contributed by atoms with Gasteiger partial charge in [0.05, 0.1) is 5.56 Å². The van der Waals surface area contributed by atoms with Gasteiger partial charge in [-0.05, 0) is 29.1 Å². The number of azo groups is 1. The fourth-order valence-corrected chi connectivity index (χ4v) is 1.81. The molecule has 5 nitrogen and oxygen atoms in total. The van der Waals surface area contributed by atoms with Crippen LogP contribution < -0.4 is 0 Å². The van der Waals surface area contributed by atoms with Crippen LogP contribution in [-0.2, 0) is 9.53 Å². The van der Waals surface area contributed by atoms with Gasteiger partial charge in [0.1, 0.15) is 5.69 Å². The van der Waals surface area contributed by atoms with Gasteiger partial charge in [0, 0.05) is 17.3 Å². The Labute approximate surface area is 141 Å². The molecule has 0 fully saturated rings. The van der Waals surface area contributed by atoms with Gasteiger partial charge in [-0.2, -0.15) is 13.2 Å². The second-order valence-corrected chi connectivity index (χ2v) is 4.82. The Balaban J connectivity index is 2.16. The van der Waals surface area contributed by atoms with E-state index in [0.29, 0.717) is 16.1 Å². The van der Waals surface area contributed by atoms with Crippen molar-refractivity contribution in [2.45, 2.75) is 6.18 Å². The minimum atomic E-state index is -4.60. The summed E-state index contributed by atoms with van der Waals surface area (Å²) in [5.41, 5.74) is 0.869. The largest absolute Gasteiger partial charge is 0.594 e. The molecule has 0 unspecified atom stereocenters. The van der Waals surface area contributed by atoms with Crippen molar-refractivity contribution in [3.8, 4) is 0 Å². The van der Waals surface area contributed by atoms with E-state index in [9.17, 15) is 23.2 Å². The molecule has 0 saturated carbocycles. The fraction of sp³-hybridized carbons (Fsp3) is 0.118. The molecular formula is C17H13F3N2O3. The highest BCUT2D eigenvalue weighted by Crippen LogP contribution is 2.22. The lowest BCUT2D eigenvalue weighted by Crippen LogP contribution is -2.19. The first-order valence-corrected chi connectivity index (χ1v) is 7.10. The van der Waals surface area contributed by atoms with E-state index in [2.05, 4.69) is 9.85 Å². The molecule has 0 aliphatic rings. The third kappa shape index (κ3) is 6.09. The number of esters is 1. The smallest absolute Gasteiger partial charge is 0.422 e. The molecule has 2 aromatic rings. The van der Waals surface area contributed by atoms with E-state index in [0.717, 1.165) is 6.08 Å². The number of carbonyl (C=O) groups excluding carboxylic acids is 1. The molecule has 0 heterocycles. The number of hydrogen-bond acceptors (Lipinski definition) is 4. The minimum Gasteiger partial charge on any atom is -0.594 e. The van der Waals surface area contributed by atoms with Crippen molar-refractivity contribution < 1.29 is 27.6 Å². The van der Waals surface area contributed by atoms with Gasteiger partial charge in [-0.3, -0.25) is 0 Å². The van der Waals surface area contributed by atoms with Gasteiger partial charge in [0.2, 0.25) is 0 Å². The zero-order chi connectivity index (χ0) is 18.3. The number of halogens is 3. The van der Waals surface area contributed by atoms with Crippen LogP contribution in [0.1, 0.15) is 5.56 Å². The number of hydrogen-bond donors (Lipinski definition) is 0. The fourth-order valence-electron chi connectivity index (χ4n) is 1.81. The third-order valence-corrected chi connectivity index (χ3v) is 2.88. The van der Waals surface area contributed by atoms with Gasteiger partial charge >= 0.3 is 12.1 Å². The number of nitrogens with zero attached hydrogens (tertiary/aromatic N) is 2. The molecule has 0 atom stereocenters. The van der Waals surface area contributed by atoms with Crippen LogP contribution in [0.15, 0.2) is 65.8 Å². The van der Waals surface area contributed by atoms with Crippen LogP contribution in [0.2, 0.25) is 0 Å². The second-order valence-electron chi connectivity index (χ2n) is 4.82. The number of para-hydroxylation sites is 1. The van der Waals surface area contributed by atoms with Crippen molar-refractivity contribution >= 4 is 23.4 Å². The maximum atomic E-state index is 12.2. The molecule has 25 heavy (non-hydrogen) atoms. The summed E-state index contributed by atoms with van der Waals surface area (Å²) >= 11 is 0. The predicted molar refractivity (Wildman–Crippen MR) is 84.3 cm³/mol. The monoisotopic (exact) mass is 350 g/mol. The highest BCUT2D eigenvalue weighted by molar-refractivity contribution is 5.87. The van der Waals surface area contributed by atoms with Gasteiger partial charge < -0.3 is 9.94 Å². The summed E-state index contributed by atoms with van der Waals surface area (Å²) in [6.45, 7) is -1.67. The van der Waals surface area contributed by atoms with Crippen molar-refractivity contribution in [2.24, 2.45) is 5.11 Å². The van der Waals surface area contributed by atoms with Gasteiger partial charge in [0.15, 0.2) is 6.61 Å². The molecule has 0 aromatic heterocycles. The Morgan fingerprint density at radius 3 is 2.44 bits per heavy atom. The minimum absolute atomic E-state index is 0.131. The van der Waals surface area contributed by atoms with E-state index in [-0.39, 0.29) is 5.69 Å². The van der Waals surface area contributed by atoms with Crippen LogP contribution in [0.3, 0.4) is 0 Å². The Morgan fingerprint density at radius 1 is 1.12 bits per heavy atom. The van der Waals surface area contributed by atoms with E-state index in [1.807, 2.05) is 0 Å². The van der Waals surface area contributed by atoms with Crippen molar-refractivity contribution in [3.05, 3.63) is 71.4 Å². The molecule has 0 saturated heterocycles. The van der Waals surface area contributed by atoms with E-state index >= 15 is 0 Å². The van der Waals surface area contributed by atoms with Crippen LogP contribution in [-0.4, -0.2) is 23.6 Å². The Kier molecular flexibility index (Phi) is 5.89. The molecule has 0 amide bonds. The first kappa shape index (κ1) is 18.2. The van der Waals surface area contributed by atoms with Crippen LogP contribution in [0.25, 0.3) is 6.08 Å². The molecular weight excluding hydrogens is 337 g/mol. The molecule has 0 bridgehead atoms. The Bertz CT molecular complexity index is 787. The number of benzene rings is 2. The summed E-state index contributed by atoms with van der Waals surface area (Å²) in [7, 11) is 0. The molecule has 2 aromatic carbocycles. The summed E-state index contributed by atoms with van der Waals surface area (Å²) in [6.07, 6.45) is -2.58. The number of carbonyl (C=O) groups is 1. The lowest BCUT2D eigenvalue weighted by atomic mass is 10.1. The van der Waals surface area contributed by atoms with E-state index < -0.39 is 18.8 Å². The van der Waals surface area contributed by atoms with Gasteiger partial charge in [-0.25, -0.2) is 4.79 Å². The third-order valence-electron chi connectivity index (χ3n) is 2.88. The maximum Gasteiger partial charge on any atom is 0.422 e. The topological polar surface area (TPSA) is 64.7 Å². The highest BCUT2D eigenvalue weighted by atomic mass is 19.4. The first-order chi connectivity index (χ1) is 11.8. The molecule has 8 heteroatoms. The van der Waals surface area contributed by atoms with Crippen LogP contribution in [0.5, 0.6) is 0 Å². The highest BCUT2D eigenvalue weighted by Gasteiger charge is 2.29. The molecule has 0 aliphatic heterocycles. The van der Waals surface area contributed by atoms with Crippen molar-refractivity contribution in [1.82, 2.24) is 0 Å². The second kappa shape index (κ2) is 8.09. The molecule has 0 radical (unpaired) electrons. The average Bonchev–Trinajstić information content (AvgIpc) is 2.58. The van der Waals surface area contributed by atoms with Crippen LogP contribution >= 0.6 is 0 Å². The number of ether oxygens (including phenoxy) is 1. The Hall–Kier alpha value is -3.16. The summed E-state index contributed by atoms with van der Waals surface area (Å²) in [6, 6.07) is 14.7. The lowest BCUT2D eigenvalue weighted by Gasteiger charge is -2.05. The normalized spacial score (nSPS) is 12.4. The molecule has 130 valence electrons. The molecule has 0 N–H and O–H groups in total. The van der Waals surface area contributed by atoms with Crippen molar-refractivity contribution in [1.29, 1.82) is 0 Å². The lowest BCUT2D eigenvalue weighted by molar-refractivity contribution is -0.435. The van der Waals surface area contributed by atoms with Crippen molar-refractivity contribution in [2.75, 3.05) is 6.61 Å². The molecule has 2 rings (SSSR count). The zero-order valence-electron chi connectivity index (χ0n) is 12.8. The molecule has 0 aliphatic carbocycles. The quantitative estimate of drug-likeness (QED) is 0.257. The number of rotatable bonds is 5. The Morgan fingerprint density at radius 2 is 1.76 bits per heavy atom. The SMILES string of the molecule is O=C(/C=C/c1ccccc1[N+]([O-])=Nc1ccccc1)OCC(F)(F)F. The summed E-state index contributed by atoms with van der Waals surface area (Å²) in [5.74, 6) is -1.16. The summed E-state index contributed by atoms with van der Waals surface area (Å²) in [4.78, 5) is 11.7. The van der Waals surface area contributed by atoms with Gasteiger partial charge in [-0.15, -0.1) is 0 Å². The number of alkyl halides is 3. The van der Waals surface area contributed by atoms with Crippen molar-refractivity contribution in [3.63, 3.8) is 0 Å². The summed E-state index contributed by atoms with van der Waals surface area (Å²) < 4.78 is 40.0. The first-order valence-electron chi connectivity index (χ1n) is 7.10. The van der Waals surface area contributed by atoms with Crippen LogP contribution in [0, 0.1) is 5.21 Å². The standard InChI is InChI=1S/C17H13F3N2O3/c18-17(19,20)12-25-16(23)11-10-13-6-4-5-9-15(13)22(24)21-14-7-2-1-3-8-14/h1-11H,12H2/b11-10+,22-21?. The predicted octanol–water partition coefficient (Wildman–Crippen LogP) is 4.73. The van der Waals surface area contributed by atoms with Gasteiger partial charge in [0.25, 0.3) is 5.69 Å². The average molecular weight is 350 g/mol. The summed E-state index contributed by atoms with van der Waals surface area (Å²) in [5, 5.41) is 16.1.